The molecule has 3 aliphatic rings. The smallest absolute Gasteiger partial charge is 0.298 e. The third-order valence-electron chi connectivity index (χ3n) is 6.70. The maximum atomic E-state index is 13.8. The van der Waals surface area contributed by atoms with Gasteiger partial charge in [0.15, 0.2) is 0 Å². The number of alkyl halides is 3. The zero-order valence-electron chi connectivity index (χ0n) is 17.2. The molecular formula is C23H24F4N2OS. The van der Waals surface area contributed by atoms with E-state index in [1.165, 1.54) is 18.1 Å². The van der Waals surface area contributed by atoms with Gasteiger partial charge in [-0.05, 0) is 78.1 Å². The Labute approximate surface area is 179 Å². The van der Waals surface area contributed by atoms with Gasteiger partial charge in [-0.2, -0.15) is 17.5 Å². The van der Waals surface area contributed by atoms with Crippen molar-refractivity contribution in [2.24, 2.45) is 16.2 Å². The summed E-state index contributed by atoms with van der Waals surface area (Å²) in [6.45, 7) is 1.80. The fraction of sp³-hybridized carbons (Fsp3) is 0.478. The van der Waals surface area contributed by atoms with E-state index in [2.05, 4.69) is 21.4 Å². The lowest BCUT2D eigenvalue weighted by atomic mass is 9.91. The quantitative estimate of drug-likeness (QED) is 0.559. The van der Waals surface area contributed by atoms with Crippen molar-refractivity contribution in [1.29, 1.82) is 0 Å². The van der Waals surface area contributed by atoms with Crippen LogP contribution in [0.2, 0.25) is 0 Å². The van der Waals surface area contributed by atoms with Crippen molar-refractivity contribution in [3.8, 4) is 0 Å². The lowest BCUT2D eigenvalue weighted by Gasteiger charge is -2.26. The topological polar surface area (TPSA) is 32.7 Å². The highest BCUT2D eigenvalue weighted by Crippen LogP contribution is 2.53. The van der Waals surface area contributed by atoms with Crippen molar-refractivity contribution >= 4 is 15.4 Å². The lowest BCUT2D eigenvalue weighted by molar-refractivity contribution is -0.137. The molecule has 31 heavy (non-hydrogen) atoms. The highest BCUT2D eigenvalue weighted by Gasteiger charge is 2.46. The molecule has 0 N–H and O–H groups in total. The third kappa shape index (κ3) is 4.37. The number of hydrogen-bond acceptors (Lipinski definition) is 3. The van der Waals surface area contributed by atoms with Crippen LogP contribution >= 0.6 is 0 Å². The first-order valence-electron chi connectivity index (χ1n) is 10.5. The van der Waals surface area contributed by atoms with Crippen LogP contribution in [0.3, 0.4) is 0 Å². The van der Waals surface area contributed by atoms with Gasteiger partial charge in [-0.3, -0.25) is 4.90 Å². The van der Waals surface area contributed by atoms with Gasteiger partial charge >= 0.3 is 6.18 Å². The molecule has 4 atom stereocenters. The number of fused-ring (bicyclic) bond motifs is 2. The van der Waals surface area contributed by atoms with E-state index in [0.717, 1.165) is 36.8 Å². The van der Waals surface area contributed by atoms with Crippen molar-refractivity contribution in [2.45, 2.75) is 37.2 Å². The predicted octanol–water partition coefficient (Wildman–Crippen LogP) is 5.71. The second kappa shape index (κ2) is 7.30. The average molecular weight is 453 g/mol. The van der Waals surface area contributed by atoms with Crippen molar-refractivity contribution in [2.75, 3.05) is 19.3 Å². The fourth-order valence-corrected chi connectivity index (χ4v) is 6.65. The molecule has 5 rings (SSSR count). The highest BCUT2D eigenvalue weighted by molar-refractivity contribution is 7.92. The van der Waals surface area contributed by atoms with E-state index in [1.807, 2.05) is 6.07 Å². The Morgan fingerprint density at radius 3 is 2.77 bits per heavy atom. The number of rotatable bonds is 3. The molecule has 2 fully saturated rings. The van der Waals surface area contributed by atoms with Crippen molar-refractivity contribution in [3.63, 3.8) is 0 Å². The van der Waals surface area contributed by atoms with Crippen LogP contribution in [0.25, 0.3) is 0 Å². The molecule has 0 radical (unpaired) electrons. The molecule has 1 saturated heterocycles. The van der Waals surface area contributed by atoms with Gasteiger partial charge in [-0.25, -0.2) is 8.60 Å². The van der Waals surface area contributed by atoms with Gasteiger partial charge in [0.25, 0.3) is 0 Å². The Hall–Kier alpha value is -1.93. The summed E-state index contributed by atoms with van der Waals surface area (Å²) in [6, 6.07) is 8.91. The van der Waals surface area contributed by atoms with Crippen LogP contribution in [-0.4, -0.2) is 28.5 Å². The first-order valence-corrected chi connectivity index (χ1v) is 12.6. The van der Waals surface area contributed by atoms with Gasteiger partial charge in [-0.15, -0.1) is 0 Å². The largest absolute Gasteiger partial charge is 0.416 e. The summed E-state index contributed by atoms with van der Waals surface area (Å²) in [6.07, 6.45) is -0.715. The summed E-state index contributed by atoms with van der Waals surface area (Å²) < 4.78 is 69.8. The molecule has 0 spiro atoms. The molecule has 1 aliphatic carbocycles. The van der Waals surface area contributed by atoms with E-state index in [0.29, 0.717) is 35.8 Å². The molecule has 0 bridgehead atoms. The van der Waals surface area contributed by atoms with Crippen molar-refractivity contribution < 1.29 is 21.8 Å². The molecule has 1 saturated carbocycles. The second-order valence-electron chi connectivity index (χ2n) is 9.22. The van der Waals surface area contributed by atoms with Crippen molar-refractivity contribution in [3.05, 3.63) is 64.5 Å². The van der Waals surface area contributed by atoms with Crippen LogP contribution in [0.5, 0.6) is 0 Å². The van der Waals surface area contributed by atoms with E-state index in [9.17, 15) is 21.8 Å². The van der Waals surface area contributed by atoms with Crippen LogP contribution in [0.15, 0.2) is 40.8 Å². The van der Waals surface area contributed by atoms with Gasteiger partial charge in [0, 0.05) is 19.3 Å². The maximum absolute atomic E-state index is 13.8. The molecule has 2 heterocycles. The normalized spacial score (nSPS) is 30.3. The molecule has 0 aromatic heterocycles. The summed E-state index contributed by atoms with van der Waals surface area (Å²) >= 11 is 0. The van der Waals surface area contributed by atoms with E-state index >= 15 is 0 Å². The standard InChI is InChI=1S/C23H24F4N2OS/c1-31(30)13-17-8-15(2-3-22(17)28-31)21-12-29(5-4-16-9-20(16)21)11-14-6-18(23(25,26)27)10-19(24)7-14/h2-3,6-8,10,16,20-21H,4-5,9,11-13H2,1H3. The summed E-state index contributed by atoms with van der Waals surface area (Å²) in [5.41, 5.74) is 2.40. The number of hydrogen-bond donors (Lipinski definition) is 0. The van der Waals surface area contributed by atoms with Crippen LogP contribution in [0.1, 0.15) is 41.0 Å². The predicted molar refractivity (Wildman–Crippen MR) is 112 cm³/mol. The molecule has 8 heteroatoms. The van der Waals surface area contributed by atoms with Gasteiger partial charge in [0.2, 0.25) is 0 Å². The molecule has 2 aliphatic heterocycles. The first-order chi connectivity index (χ1) is 14.6. The number of nitrogens with zero attached hydrogens (tertiary/aromatic N) is 2. The lowest BCUT2D eigenvalue weighted by Crippen LogP contribution is -2.29. The fourth-order valence-electron chi connectivity index (χ4n) is 5.18. The third-order valence-corrected chi connectivity index (χ3v) is 8.13. The Morgan fingerprint density at radius 2 is 2.00 bits per heavy atom. The zero-order valence-corrected chi connectivity index (χ0v) is 18.0. The molecule has 4 unspecified atom stereocenters. The molecule has 2 aromatic rings. The summed E-state index contributed by atoms with van der Waals surface area (Å²) in [5.74, 6) is 1.06. The zero-order chi connectivity index (χ0) is 22.0. The van der Waals surface area contributed by atoms with E-state index in [-0.39, 0.29) is 5.92 Å². The van der Waals surface area contributed by atoms with Crippen LogP contribution in [-0.2, 0) is 28.2 Å². The van der Waals surface area contributed by atoms with E-state index in [1.54, 1.807) is 6.26 Å². The highest BCUT2D eigenvalue weighted by atomic mass is 32.2. The molecular weight excluding hydrogens is 428 g/mol. The van der Waals surface area contributed by atoms with Gasteiger partial charge in [0.1, 0.15) is 5.82 Å². The molecule has 0 amide bonds. The summed E-state index contributed by atoms with van der Waals surface area (Å²) in [5, 5.41) is 0. The molecule has 3 nitrogen and oxygen atoms in total. The van der Waals surface area contributed by atoms with Crippen LogP contribution in [0, 0.1) is 17.7 Å². The van der Waals surface area contributed by atoms with Crippen molar-refractivity contribution in [1.82, 2.24) is 4.90 Å². The SMILES string of the molecule is CS1(=O)=Nc2ccc(C3CN(Cc4cc(F)cc(C(F)(F)F)c4)CCC4CC43)cc2C1. The van der Waals surface area contributed by atoms with Gasteiger partial charge in [0.05, 0.1) is 26.7 Å². The second-order valence-corrected chi connectivity index (χ2v) is 11.6. The summed E-state index contributed by atoms with van der Waals surface area (Å²) in [4.78, 5) is 2.15. The summed E-state index contributed by atoms with van der Waals surface area (Å²) in [7, 11) is -2.20. The Kier molecular flexibility index (Phi) is 4.93. The Balaban J connectivity index is 1.38. The monoisotopic (exact) mass is 452 g/mol. The average Bonchev–Trinajstić information content (AvgIpc) is 3.37. The van der Waals surface area contributed by atoms with E-state index in [4.69, 9.17) is 0 Å². The maximum Gasteiger partial charge on any atom is 0.416 e. The number of benzene rings is 2. The van der Waals surface area contributed by atoms with Crippen LogP contribution < -0.4 is 0 Å². The van der Waals surface area contributed by atoms with E-state index < -0.39 is 27.3 Å². The minimum absolute atomic E-state index is 0.266. The Morgan fingerprint density at radius 1 is 1.19 bits per heavy atom. The number of likely N-dealkylation sites (tertiary alicyclic amines) is 1. The minimum Gasteiger partial charge on any atom is -0.298 e. The molecule has 166 valence electrons. The first kappa shape index (κ1) is 20.9. The Bertz CT molecular complexity index is 1150. The van der Waals surface area contributed by atoms with Gasteiger partial charge < -0.3 is 0 Å². The molecule has 2 aromatic carbocycles. The number of halogens is 4. The minimum atomic E-state index is -4.56. The van der Waals surface area contributed by atoms with Crippen LogP contribution in [0.4, 0.5) is 23.2 Å². The van der Waals surface area contributed by atoms with Gasteiger partial charge in [-0.1, -0.05) is 12.1 Å².